The minimum atomic E-state index is 0.0349. The zero-order chi connectivity index (χ0) is 7.78. The van der Waals surface area contributed by atoms with Gasteiger partial charge < -0.3 is 0 Å². The quantitative estimate of drug-likeness (QED) is 0.567. The molecular formula is C7H11ClN2. The molecule has 1 heterocycles. The molecule has 0 aliphatic heterocycles. The molecule has 0 bridgehead atoms. The Morgan fingerprint density at radius 2 is 2.10 bits per heavy atom. The maximum Gasteiger partial charge on any atom is 0.151 e. The molecule has 0 saturated heterocycles. The van der Waals surface area contributed by atoms with Gasteiger partial charge in [-0.2, -0.15) is 5.10 Å². The summed E-state index contributed by atoms with van der Waals surface area (Å²) in [6, 6.07) is 1.78. The van der Waals surface area contributed by atoms with Gasteiger partial charge in [0.15, 0.2) is 5.15 Å². The van der Waals surface area contributed by atoms with Crippen LogP contribution < -0.4 is 0 Å². The topological polar surface area (TPSA) is 17.8 Å². The molecule has 0 radical (unpaired) electrons. The largest absolute Gasteiger partial charge is 0.266 e. The standard InChI is InChI=1S/C7H11ClN2/c1-7(2,3)10-5-4-6(8)9-10/h4-5H,1-3H3. The lowest BCUT2D eigenvalue weighted by Gasteiger charge is -2.18. The molecule has 56 valence electrons. The molecule has 0 fully saturated rings. The molecule has 0 aliphatic rings. The van der Waals surface area contributed by atoms with Gasteiger partial charge in [0.25, 0.3) is 0 Å². The monoisotopic (exact) mass is 158 g/mol. The smallest absolute Gasteiger partial charge is 0.151 e. The molecule has 0 N–H and O–H groups in total. The number of aromatic nitrogens is 2. The van der Waals surface area contributed by atoms with Crippen LogP contribution in [0.15, 0.2) is 12.3 Å². The van der Waals surface area contributed by atoms with E-state index in [-0.39, 0.29) is 5.54 Å². The summed E-state index contributed by atoms with van der Waals surface area (Å²) < 4.78 is 1.84. The maximum absolute atomic E-state index is 5.63. The van der Waals surface area contributed by atoms with E-state index in [4.69, 9.17) is 11.6 Å². The van der Waals surface area contributed by atoms with Gasteiger partial charge >= 0.3 is 0 Å². The first-order chi connectivity index (χ1) is 4.50. The summed E-state index contributed by atoms with van der Waals surface area (Å²) >= 11 is 5.63. The molecule has 0 aliphatic carbocycles. The van der Waals surface area contributed by atoms with Crippen LogP contribution in [0, 0.1) is 0 Å². The van der Waals surface area contributed by atoms with E-state index in [0.29, 0.717) is 5.15 Å². The van der Waals surface area contributed by atoms with Crippen LogP contribution >= 0.6 is 11.6 Å². The lowest BCUT2D eigenvalue weighted by Crippen LogP contribution is -2.21. The van der Waals surface area contributed by atoms with E-state index in [1.54, 1.807) is 6.07 Å². The fraction of sp³-hybridized carbons (Fsp3) is 0.571. The van der Waals surface area contributed by atoms with Gasteiger partial charge in [0.2, 0.25) is 0 Å². The average molecular weight is 159 g/mol. The van der Waals surface area contributed by atoms with E-state index in [1.807, 2.05) is 10.9 Å². The highest BCUT2D eigenvalue weighted by Gasteiger charge is 2.12. The molecule has 0 aromatic carbocycles. The van der Waals surface area contributed by atoms with Gasteiger partial charge in [0.05, 0.1) is 5.54 Å². The van der Waals surface area contributed by atoms with Crippen LogP contribution in [0.25, 0.3) is 0 Å². The van der Waals surface area contributed by atoms with Crippen molar-refractivity contribution in [3.05, 3.63) is 17.4 Å². The number of hydrogen-bond acceptors (Lipinski definition) is 1. The lowest BCUT2D eigenvalue weighted by atomic mass is 10.1. The van der Waals surface area contributed by atoms with Crippen molar-refractivity contribution in [1.29, 1.82) is 0 Å². The molecule has 1 aromatic rings. The van der Waals surface area contributed by atoms with Gasteiger partial charge in [-0.15, -0.1) is 0 Å². The first kappa shape index (κ1) is 7.61. The van der Waals surface area contributed by atoms with Gasteiger partial charge in [-0.25, -0.2) is 0 Å². The first-order valence-electron chi connectivity index (χ1n) is 3.22. The third-order valence-electron chi connectivity index (χ3n) is 1.24. The maximum atomic E-state index is 5.63. The van der Waals surface area contributed by atoms with Crippen molar-refractivity contribution in [2.75, 3.05) is 0 Å². The van der Waals surface area contributed by atoms with Gasteiger partial charge in [0, 0.05) is 6.20 Å². The molecule has 0 atom stereocenters. The van der Waals surface area contributed by atoms with Crippen LogP contribution in [0.2, 0.25) is 5.15 Å². The van der Waals surface area contributed by atoms with Crippen LogP contribution in [0.3, 0.4) is 0 Å². The highest BCUT2D eigenvalue weighted by atomic mass is 35.5. The minimum absolute atomic E-state index is 0.0349. The van der Waals surface area contributed by atoms with E-state index in [2.05, 4.69) is 25.9 Å². The second kappa shape index (κ2) is 2.27. The van der Waals surface area contributed by atoms with E-state index < -0.39 is 0 Å². The van der Waals surface area contributed by atoms with Gasteiger partial charge in [-0.3, -0.25) is 4.68 Å². The van der Waals surface area contributed by atoms with Crippen molar-refractivity contribution in [3.63, 3.8) is 0 Å². The van der Waals surface area contributed by atoms with E-state index in [0.717, 1.165) is 0 Å². The summed E-state index contributed by atoms with van der Waals surface area (Å²) in [6.07, 6.45) is 1.88. The van der Waals surface area contributed by atoms with E-state index >= 15 is 0 Å². The van der Waals surface area contributed by atoms with Crippen molar-refractivity contribution >= 4 is 11.6 Å². The number of halogens is 1. The third-order valence-corrected chi connectivity index (χ3v) is 1.45. The summed E-state index contributed by atoms with van der Waals surface area (Å²) in [7, 11) is 0. The van der Waals surface area contributed by atoms with Crippen molar-refractivity contribution < 1.29 is 0 Å². The number of rotatable bonds is 0. The van der Waals surface area contributed by atoms with Gasteiger partial charge in [-0.1, -0.05) is 11.6 Å². The zero-order valence-electron chi connectivity index (χ0n) is 6.43. The molecule has 2 nitrogen and oxygen atoms in total. The normalized spacial score (nSPS) is 12.0. The molecule has 0 amide bonds. The van der Waals surface area contributed by atoms with Crippen molar-refractivity contribution in [1.82, 2.24) is 9.78 Å². The highest BCUT2D eigenvalue weighted by Crippen LogP contribution is 2.14. The second-order valence-electron chi connectivity index (χ2n) is 3.25. The van der Waals surface area contributed by atoms with Gasteiger partial charge in [-0.05, 0) is 26.8 Å². The molecule has 1 aromatic heterocycles. The minimum Gasteiger partial charge on any atom is -0.266 e. The van der Waals surface area contributed by atoms with Crippen molar-refractivity contribution in [2.45, 2.75) is 26.3 Å². The van der Waals surface area contributed by atoms with Crippen LogP contribution in [-0.4, -0.2) is 9.78 Å². The second-order valence-corrected chi connectivity index (χ2v) is 3.64. The zero-order valence-corrected chi connectivity index (χ0v) is 7.18. The summed E-state index contributed by atoms with van der Waals surface area (Å²) in [4.78, 5) is 0. The fourth-order valence-corrected chi connectivity index (χ4v) is 0.813. The summed E-state index contributed by atoms with van der Waals surface area (Å²) in [6.45, 7) is 6.24. The predicted molar refractivity (Wildman–Crippen MR) is 42.2 cm³/mol. The predicted octanol–water partition coefficient (Wildman–Crippen LogP) is 2.29. The van der Waals surface area contributed by atoms with Crippen molar-refractivity contribution in [2.24, 2.45) is 0 Å². The molecule has 3 heteroatoms. The Hall–Kier alpha value is -0.500. The number of nitrogens with zero attached hydrogens (tertiary/aromatic N) is 2. The molecular weight excluding hydrogens is 148 g/mol. The number of hydrogen-bond donors (Lipinski definition) is 0. The van der Waals surface area contributed by atoms with Crippen molar-refractivity contribution in [3.8, 4) is 0 Å². The molecule has 10 heavy (non-hydrogen) atoms. The molecule has 0 saturated carbocycles. The summed E-state index contributed by atoms with van der Waals surface area (Å²) in [5.74, 6) is 0. The third kappa shape index (κ3) is 1.51. The Morgan fingerprint density at radius 3 is 2.30 bits per heavy atom. The highest BCUT2D eigenvalue weighted by molar-refractivity contribution is 6.29. The van der Waals surface area contributed by atoms with Crippen LogP contribution in [-0.2, 0) is 5.54 Å². The Bertz CT molecular complexity index is 222. The van der Waals surface area contributed by atoms with E-state index in [9.17, 15) is 0 Å². The van der Waals surface area contributed by atoms with Crippen LogP contribution in [0.1, 0.15) is 20.8 Å². The Kier molecular flexibility index (Phi) is 1.73. The Morgan fingerprint density at radius 1 is 1.50 bits per heavy atom. The lowest BCUT2D eigenvalue weighted by molar-refractivity contribution is 0.355. The molecule has 0 spiro atoms. The fourth-order valence-electron chi connectivity index (χ4n) is 0.675. The van der Waals surface area contributed by atoms with Gasteiger partial charge in [0.1, 0.15) is 0 Å². The molecule has 1 rings (SSSR count). The average Bonchev–Trinajstić information content (AvgIpc) is 2.11. The molecule has 0 unspecified atom stereocenters. The Balaban J connectivity index is 2.96. The summed E-state index contributed by atoms with van der Waals surface area (Å²) in [5, 5.41) is 4.61. The first-order valence-corrected chi connectivity index (χ1v) is 3.59. The SMILES string of the molecule is CC(C)(C)n1ccc(Cl)n1. The summed E-state index contributed by atoms with van der Waals surface area (Å²) in [5.41, 5.74) is 0.0349. The van der Waals surface area contributed by atoms with E-state index in [1.165, 1.54) is 0 Å². The van der Waals surface area contributed by atoms with Crippen LogP contribution in [0.5, 0.6) is 0 Å². The van der Waals surface area contributed by atoms with Crippen LogP contribution in [0.4, 0.5) is 0 Å². The Labute approximate surface area is 65.8 Å².